The van der Waals surface area contributed by atoms with Crippen molar-refractivity contribution >= 4 is 11.6 Å². The van der Waals surface area contributed by atoms with Crippen molar-refractivity contribution < 1.29 is 24.2 Å². The SMILES string of the molecule is CCCCOC(OCCCC)C(=O)c1ccccc1.O=C(CO)CCc1ccccc1. The van der Waals surface area contributed by atoms with Crippen molar-refractivity contribution in [2.45, 2.75) is 58.7 Å². The number of aliphatic hydroxyl groups excluding tert-OH is 1. The van der Waals surface area contributed by atoms with Crippen LogP contribution >= 0.6 is 0 Å². The van der Waals surface area contributed by atoms with E-state index in [9.17, 15) is 9.59 Å². The van der Waals surface area contributed by atoms with Crippen LogP contribution in [0.1, 0.15) is 61.9 Å². The Bertz CT molecular complexity index is 705. The average molecular weight is 429 g/mol. The summed E-state index contributed by atoms with van der Waals surface area (Å²) in [6.45, 7) is 4.97. The van der Waals surface area contributed by atoms with Crippen LogP contribution in [0, 0.1) is 0 Å². The zero-order valence-corrected chi connectivity index (χ0v) is 18.8. The molecule has 0 aromatic heterocycles. The Morgan fingerprint density at radius 1 is 0.839 bits per heavy atom. The summed E-state index contributed by atoms with van der Waals surface area (Å²) in [5.74, 6) is -0.188. The van der Waals surface area contributed by atoms with Crippen LogP contribution in [0.25, 0.3) is 0 Å². The van der Waals surface area contributed by atoms with Gasteiger partial charge in [0.15, 0.2) is 5.78 Å². The van der Waals surface area contributed by atoms with E-state index in [-0.39, 0.29) is 18.2 Å². The minimum absolute atomic E-state index is 0.0900. The normalized spacial score (nSPS) is 10.5. The summed E-state index contributed by atoms with van der Waals surface area (Å²) in [5, 5.41) is 8.46. The zero-order chi connectivity index (χ0) is 22.7. The molecule has 0 atom stereocenters. The topological polar surface area (TPSA) is 72.8 Å². The Hall–Kier alpha value is -2.34. The van der Waals surface area contributed by atoms with Gasteiger partial charge in [0.05, 0.1) is 13.2 Å². The van der Waals surface area contributed by atoms with E-state index < -0.39 is 6.29 Å². The number of hydrogen-bond acceptors (Lipinski definition) is 5. The lowest BCUT2D eigenvalue weighted by Crippen LogP contribution is -2.28. The van der Waals surface area contributed by atoms with Gasteiger partial charge in [0, 0.05) is 12.0 Å². The van der Waals surface area contributed by atoms with E-state index in [4.69, 9.17) is 14.6 Å². The maximum Gasteiger partial charge on any atom is 0.222 e. The summed E-state index contributed by atoms with van der Waals surface area (Å²) in [7, 11) is 0. The van der Waals surface area contributed by atoms with Gasteiger partial charge in [-0.25, -0.2) is 0 Å². The van der Waals surface area contributed by atoms with Crippen LogP contribution in [0.2, 0.25) is 0 Å². The smallest absolute Gasteiger partial charge is 0.222 e. The van der Waals surface area contributed by atoms with Gasteiger partial charge in [-0.3, -0.25) is 9.59 Å². The molecule has 2 aromatic carbocycles. The van der Waals surface area contributed by atoms with Gasteiger partial charge in [-0.2, -0.15) is 0 Å². The fourth-order valence-electron chi connectivity index (χ4n) is 2.61. The second kappa shape index (κ2) is 17.4. The van der Waals surface area contributed by atoms with Gasteiger partial charge in [-0.15, -0.1) is 0 Å². The molecule has 0 aliphatic heterocycles. The lowest BCUT2D eigenvalue weighted by Gasteiger charge is -2.17. The van der Waals surface area contributed by atoms with Crippen molar-refractivity contribution in [1.82, 2.24) is 0 Å². The number of hydrogen-bond donors (Lipinski definition) is 1. The Morgan fingerprint density at radius 3 is 1.84 bits per heavy atom. The molecule has 0 fully saturated rings. The molecule has 0 unspecified atom stereocenters. The summed E-state index contributed by atoms with van der Waals surface area (Å²) in [6, 6.07) is 19.0. The molecule has 0 saturated carbocycles. The van der Waals surface area contributed by atoms with Crippen LogP contribution in [0.15, 0.2) is 60.7 Å². The highest BCUT2D eigenvalue weighted by atomic mass is 16.7. The predicted molar refractivity (Wildman–Crippen MR) is 123 cm³/mol. The molecule has 0 heterocycles. The largest absolute Gasteiger partial charge is 0.389 e. The maximum atomic E-state index is 12.3. The highest BCUT2D eigenvalue weighted by Crippen LogP contribution is 2.09. The molecular formula is C26H36O5. The molecule has 5 nitrogen and oxygen atoms in total. The summed E-state index contributed by atoms with van der Waals surface area (Å²) < 4.78 is 11.1. The van der Waals surface area contributed by atoms with Gasteiger partial charge < -0.3 is 14.6 Å². The van der Waals surface area contributed by atoms with Crippen LogP contribution in [0.5, 0.6) is 0 Å². The van der Waals surface area contributed by atoms with Crippen LogP contribution in [0.4, 0.5) is 0 Å². The van der Waals surface area contributed by atoms with Crippen LogP contribution in [0.3, 0.4) is 0 Å². The highest BCUT2D eigenvalue weighted by molar-refractivity contribution is 5.98. The van der Waals surface area contributed by atoms with E-state index >= 15 is 0 Å². The molecule has 0 aliphatic rings. The number of aliphatic hydroxyl groups is 1. The molecule has 31 heavy (non-hydrogen) atoms. The lowest BCUT2D eigenvalue weighted by atomic mass is 10.1. The fourth-order valence-corrected chi connectivity index (χ4v) is 2.61. The zero-order valence-electron chi connectivity index (χ0n) is 18.8. The molecule has 0 amide bonds. The second-order valence-electron chi connectivity index (χ2n) is 7.19. The van der Waals surface area contributed by atoms with Crippen LogP contribution < -0.4 is 0 Å². The summed E-state index contributed by atoms with van der Waals surface area (Å²) in [5.41, 5.74) is 1.78. The van der Waals surface area contributed by atoms with Crippen molar-refractivity contribution in [2.75, 3.05) is 19.8 Å². The first-order valence-electron chi connectivity index (χ1n) is 11.1. The first-order valence-corrected chi connectivity index (χ1v) is 11.1. The van der Waals surface area contributed by atoms with Gasteiger partial charge in [0.2, 0.25) is 12.1 Å². The molecule has 2 aromatic rings. The van der Waals surface area contributed by atoms with Crippen LogP contribution in [-0.2, 0) is 20.7 Å². The number of aryl methyl sites for hydroxylation is 1. The average Bonchev–Trinajstić information content (AvgIpc) is 2.83. The standard InChI is InChI=1S/C16H24O3.C10H12O2/c1-3-5-12-18-16(19-13-6-4-2)15(17)14-10-8-7-9-11-14;11-8-10(12)7-6-9-4-2-1-3-5-9/h7-11,16H,3-6,12-13H2,1-2H3;1-5,11H,6-8H2. The minimum Gasteiger partial charge on any atom is -0.389 e. The highest BCUT2D eigenvalue weighted by Gasteiger charge is 2.20. The molecular weight excluding hydrogens is 392 g/mol. The molecule has 1 N–H and O–H groups in total. The number of benzene rings is 2. The lowest BCUT2D eigenvalue weighted by molar-refractivity contribution is -0.121. The van der Waals surface area contributed by atoms with Gasteiger partial charge >= 0.3 is 0 Å². The molecule has 0 saturated heterocycles. The fraction of sp³-hybridized carbons (Fsp3) is 0.462. The number of Topliss-reactive ketones (excluding diaryl/α,β-unsaturated/α-hetero) is 2. The maximum absolute atomic E-state index is 12.3. The Balaban J connectivity index is 0.000000343. The van der Waals surface area contributed by atoms with Crippen molar-refractivity contribution in [2.24, 2.45) is 0 Å². The predicted octanol–water partition coefficient (Wildman–Crippen LogP) is 5.01. The van der Waals surface area contributed by atoms with E-state index in [1.165, 1.54) is 0 Å². The first-order chi connectivity index (χ1) is 15.1. The first kappa shape index (κ1) is 26.7. The minimum atomic E-state index is -0.763. The monoisotopic (exact) mass is 428 g/mol. The van der Waals surface area contributed by atoms with Crippen molar-refractivity contribution in [3.05, 3.63) is 71.8 Å². The molecule has 0 radical (unpaired) electrons. The van der Waals surface area contributed by atoms with E-state index in [0.29, 0.717) is 25.2 Å². The van der Waals surface area contributed by atoms with Crippen molar-refractivity contribution in [1.29, 1.82) is 0 Å². The number of rotatable bonds is 14. The Kier molecular flexibility index (Phi) is 14.9. The molecule has 0 bridgehead atoms. The van der Waals surface area contributed by atoms with E-state index in [2.05, 4.69) is 13.8 Å². The third-order valence-electron chi connectivity index (χ3n) is 4.52. The summed E-state index contributed by atoms with van der Waals surface area (Å²) in [4.78, 5) is 23.0. The van der Waals surface area contributed by atoms with E-state index in [0.717, 1.165) is 37.7 Å². The molecule has 0 aliphatic carbocycles. The quantitative estimate of drug-likeness (QED) is 0.260. The number of carbonyl (C=O) groups excluding carboxylic acids is 2. The molecule has 170 valence electrons. The Labute approximate surface area is 186 Å². The summed E-state index contributed by atoms with van der Waals surface area (Å²) >= 11 is 0. The number of ether oxygens (including phenoxy) is 2. The van der Waals surface area contributed by atoms with Crippen molar-refractivity contribution in [3.8, 4) is 0 Å². The number of carbonyl (C=O) groups is 2. The third kappa shape index (κ3) is 12.2. The third-order valence-corrected chi connectivity index (χ3v) is 4.52. The van der Waals surface area contributed by atoms with E-state index in [1.807, 2.05) is 48.5 Å². The van der Waals surface area contributed by atoms with Gasteiger partial charge in [0.1, 0.15) is 6.61 Å². The van der Waals surface area contributed by atoms with Gasteiger partial charge in [-0.05, 0) is 24.8 Å². The molecule has 2 rings (SSSR count). The van der Waals surface area contributed by atoms with Crippen LogP contribution in [-0.4, -0.2) is 42.8 Å². The number of ketones is 2. The van der Waals surface area contributed by atoms with E-state index in [1.54, 1.807) is 12.1 Å². The molecule has 5 heteroatoms. The van der Waals surface area contributed by atoms with Gasteiger partial charge in [0.25, 0.3) is 0 Å². The number of unbranched alkanes of at least 4 members (excludes halogenated alkanes) is 2. The van der Waals surface area contributed by atoms with Crippen molar-refractivity contribution in [3.63, 3.8) is 0 Å². The second-order valence-corrected chi connectivity index (χ2v) is 7.19. The van der Waals surface area contributed by atoms with Gasteiger partial charge in [-0.1, -0.05) is 87.4 Å². The summed E-state index contributed by atoms with van der Waals surface area (Å²) in [6.07, 6.45) is 4.36. The molecule has 0 spiro atoms. The Morgan fingerprint density at radius 2 is 1.35 bits per heavy atom.